The molecule has 0 aliphatic heterocycles. The highest BCUT2D eigenvalue weighted by Gasteiger charge is 2.14. The molecule has 0 atom stereocenters. The second kappa shape index (κ2) is 7.18. The van der Waals surface area contributed by atoms with E-state index in [1.54, 1.807) is 0 Å². The van der Waals surface area contributed by atoms with Gasteiger partial charge in [0.05, 0.1) is 13.2 Å². The van der Waals surface area contributed by atoms with Crippen LogP contribution in [0.25, 0.3) is 11.4 Å². The van der Waals surface area contributed by atoms with Gasteiger partial charge in [0.1, 0.15) is 0 Å². The van der Waals surface area contributed by atoms with Crippen molar-refractivity contribution in [2.75, 3.05) is 18.1 Å². The summed E-state index contributed by atoms with van der Waals surface area (Å²) in [4.78, 5) is 6.09. The van der Waals surface area contributed by atoms with Crippen LogP contribution in [-0.4, -0.2) is 28.4 Å². The first-order chi connectivity index (χ1) is 11.7. The molecule has 7 heteroatoms. The zero-order chi connectivity index (χ0) is 16.9. The topological polar surface area (TPSA) is 62.4 Å². The zero-order valence-electron chi connectivity index (χ0n) is 12.7. The second-order valence-corrected chi connectivity index (χ2v) is 5.12. The molecule has 3 aromatic rings. The molecule has 0 spiro atoms. The van der Waals surface area contributed by atoms with Gasteiger partial charge in [-0.25, -0.2) is 8.78 Å². The van der Waals surface area contributed by atoms with Crippen molar-refractivity contribution >= 4 is 5.69 Å². The average molecular weight is 331 g/mol. The van der Waals surface area contributed by atoms with Gasteiger partial charge >= 0.3 is 0 Å². The van der Waals surface area contributed by atoms with Crippen LogP contribution in [0.1, 0.15) is 5.89 Å². The molecule has 24 heavy (non-hydrogen) atoms. The van der Waals surface area contributed by atoms with Crippen molar-refractivity contribution in [2.24, 2.45) is 0 Å². The SMILES string of the molecule is OCCN(Cc1nc(-c2ccc(F)c(F)c2)no1)c1ccccc1. The van der Waals surface area contributed by atoms with E-state index in [0.717, 1.165) is 17.8 Å². The van der Waals surface area contributed by atoms with Gasteiger partial charge in [-0.3, -0.25) is 0 Å². The number of hydrogen-bond acceptors (Lipinski definition) is 5. The quantitative estimate of drug-likeness (QED) is 0.752. The Kier molecular flexibility index (Phi) is 4.81. The van der Waals surface area contributed by atoms with E-state index in [1.165, 1.54) is 6.07 Å². The van der Waals surface area contributed by atoms with Gasteiger partial charge in [0.2, 0.25) is 11.7 Å². The molecule has 1 heterocycles. The minimum atomic E-state index is -0.968. The Morgan fingerprint density at radius 2 is 1.83 bits per heavy atom. The molecular weight excluding hydrogens is 316 g/mol. The van der Waals surface area contributed by atoms with E-state index < -0.39 is 11.6 Å². The lowest BCUT2D eigenvalue weighted by Gasteiger charge is -2.21. The van der Waals surface area contributed by atoms with Crippen molar-refractivity contribution in [3.8, 4) is 11.4 Å². The summed E-state index contributed by atoms with van der Waals surface area (Å²) in [5, 5.41) is 13.0. The Bertz CT molecular complexity index is 809. The van der Waals surface area contributed by atoms with E-state index in [2.05, 4.69) is 10.1 Å². The van der Waals surface area contributed by atoms with Crippen molar-refractivity contribution < 1.29 is 18.4 Å². The summed E-state index contributed by atoms with van der Waals surface area (Å²) in [6, 6.07) is 12.9. The summed E-state index contributed by atoms with van der Waals surface area (Å²) >= 11 is 0. The van der Waals surface area contributed by atoms with E-state index in [9.17, 15) is 13.9 Å². The Labute approximate surface area is 137 Å². The Morgan fingerprint density at radius 1 is 1.04 bits per heavy atom. The van der Waals surface area contributed by atoms with Gasteiger partial charge in [-0.15, -0.1) is 0 Å². The molecule has 0 saturated heterocycles. The zero-order valence-corrected chi connectivity index (χ0v) is 12.7. The number of aliphatic hydroxyl groups is 1. The van der Waals surface area contributed by atoms with Crippen LogP contribution in [0.15, 0.2) is 53.1 Å². The van der Waals surface area contributed by atoms with Crippen LogP contribution >= 0.6 is 0 Å². The van der Waals surface area contributed by atoms with E-state index in [0.29, 0.717) is 24.5 Å². The van der Waals surface area contributed by atoms with Gasteiger partial charge in [-0.05, 0) is 30.3 Å². The fraction of sp³-hybridized carbons (Fsp3) is 0.176. The lowest BCUT2D eigenvalue weighted by molar-refractivity contribution is 0.298. The molecule has 2 aromatic carbocycles. The number of benzene rings is 2. The first-order valence-corrected chi connectivity index (χ1v) is 7.36. The maximum Gasteiger partial charge on any atom is 0.246 e. The van der Waals surface area contributed by atoms with E-state index in [4.69, 9.17) is 4.52 Å². The molecule has 0 fully saturated rings. The molecule has 0 unspecified atom stereocenters. The number of para-hydroxylation sites is 1. The maximum atomic E-state index is 13.3. The number of nitrogens with zero attached hydrogens (tertiary/aromatic N) is 3. The Morgan fingerprint density at radius 3 is 2.54 bits per heavy atom. The van der Waals surface area contributed by atoms with Gasteiger partial charge in [-0.2, -0.15) is 4.98 Å². The highest BCUT2D eigenvalue weighted by Crippen LogP contribution is 2.20. The molecule has 3 rings (SSSR count). The minimum Gasteiger partial charge on any atom is -0.395 e. The molecule has 1 N–H and O–H groups in total. The summed E-state index contributed by atoms with van der Waals surface area (Å²) in [6.45, 7) is 0.660. The van der Waals surface area contributed by atoms with Crippen molar-refractivity contribution in [2.45, 2.75) is 6.54 Å². The lowest BCUT2D eigenvalue weighted by atomic mass is 10.2. The first kappa shape index (κ1) is 16.1. The van der Waals surface area contributed by atoms with Gasteiger partial charge in [-0.1, -0.05) is 23.4 Å². The monoisotopic (exact) mass is 331 g/mol. The predicted octanol–water partition coefficient (Wildman–Crippen LogP) is 3.01. The number of rotatable bonds is 6. The molecule has 0 radical (unpaired) electrons. The molecule has 1 aromatic heterocycles. The van der Waals surface area contributed by atoms with Crippen LogP contribution in [0.3, 0.4) is 0 Å². The first-order valence-electron chi connectivity index (χ1n) is 7.36. The largest absolute Gasteiger partial charge is 0.395 e. The van der Waals surface area contributed by atoms with Crippen LogP contribution in [0.4, 0.5) is 14.5 Å². The molecule has 5 nitrogen and oxygen atoms in total. The molecular formula is C17H15F2N3O2. The highest BCUT2D eigenvalue weighted by molar-refractivity contribution is 5.54. The Balaban J connectivity index is 1.80. The summed E-state index contributed by atoms with van der Waals surface area (Å²) in [7, 11) is 0. The number of anilines is 1. The third kappa shape index (κ3) is 3.57. The molecule has 0 aliphatic rings. The molecule has 0 bridgehead atoms. The molecule has 0 saturated carbocycles. The van der Waals surface area contributed by atoms with E-state index in [1.807, 2.05) is 35.2 Å². The Hall–Kier alpha value is -2.80. The third-order valence-corrected chi connectivity index (χ3v) is 3.46. The van der Waals surface area contributed by atoms with Crippen LogP contribution in [-0.2, 0) is 6.54 Å². The summed E-state index contributed by atoms with van der Waals surface area (Å²) in [5.74, 6) is -1.40. The summed E-state index contributed by atoms with van der Waals surface area (Å²) < 4.78 is 31.5. The fourth-order valence-electron chi connectivity index (χ4n) is 2.29. The van der Waals surface area contributed by atoms with Crippen LogP contribution in [0, 0.1) is 11.6 Å². The van der Waals surface area contributed by atoms with Crippen molar-refractivity contribution in [1.82, 2.24) is 10.1 Å². The standard InChI is InChI=1S/C17H15F2N3O2/c18-14-7-6-12(10-15(14)19)17-20-16(24-21-17)11-22(8-9-23)13-4-2-1-3-5-13/h1-7,10,23H,8-9,11H2. The molecule has 0 aliphatic carbocycles. The normalized spacial score (nSPS) is 10.8. The number of hydrogen-bond donors (Lipinski definition) is 1. The van der Waals surface area contributed by atoms with Crippen LogP contribution in [0.2, 0.25) is 0 Å². The van der Waals surface area contributed by atoms with Crippen LogP contribution < -0.4 is 4.90 Å². The predicted molar refractivity (Wildman–Crippen MR) is 84.2 cm³/mol. The van der Waals surface area contributed by atoms with Crippen molar-refractivity contribution in [1.29, 1.82) is 0 Å². The van der Waals surface area contributed by atoms with E-state index >= 15 is 0 Å². The van der Waals surface area contributed by atoms with Gasteiger partial charge < -0.3 is 14.5 Å². The second-order valence-electron chi connectivity index (χ2n) is 5.12. The van der Waals surface area contributed by atoms with Gasteiger partial charge in [0, 0.05) is 17.8 Å². The summed E-state index contributed by atoms with van der Waals surface area (Å²) in [6.07, 6.45) is 0. The molecule has 124 valence electrons. The summed E-state index contributed by atoms with van der Waals surface area (Å²) in [5.41, 5.74) is 1.23. The van der Waals surface area contributed by atoms with Crippen LogP contribution in [0.5, 0.6) is 0 Å². The van der Waals surface area contributed by atoms with E-state index in [-0.39, 0.29) is 12.4 Å². The minimum absolute atomic E-state index is 0.0287. The molecule has 0 amide bonds. The number of aromatic nitrogens is 2. The highest BCUT2D eigenvalue weighted by atomic mass is 19.2. The van der Waals surface area contributed by atoms with Gasteiger partial charge in [0.15, 0.2) is 11.6 Å². The lowest BCUT2D eigenvalue weighted by Crippen LogP contribution is -2.26. The number of halogens is 2. The average Bonchev–Trinajstić information content (AvgIpc) is 3.06. The third-order valence-electron chi connectivity index (χ3n) is 3.46. The maximum absolute atomic E-state index is 13.3. The smallest absolute Gasteiger partial charge is 0.246 e. The fourth-order valence-corrected chi connectivity index (χ4v) is 2.29. The van der Waals surface area contributed by atoms with Crippen molar-refractivity contribution in [3.05, 3.63) is 66.1 Å². The van der Waals surface area contributed by atoms with Crippen molar-refractivity contribution in [3.63, 3.8) is 0 Å². The number of aliphatic hydroxyl groups excluding tert-OH is 1. The van der Waals surface area contributed by atoms with Gasteiger partial charge in [0.25, 0.3) is 0 Å².